The number of pyridine rings is 1. The molecule has 1 fully saturated rings. The zero-order chi connectivity index (χ0) is 21.0. The van der Waals surface area contributed by atoms with Crippen molar-refractivity contribution in [2.75, 3.05) is 26.2 Å². The molecule has 1 aliphatic heterocycles. The van der Waals surface area contributed by atoms with Gasteiger partial charge in [-0.15, -0.1) is 0 Å². The van der Waals surface area contributed by atoms with E-state index in [9.17, 15) is 4.79 Å². The van der Waals surface area contributed by atoms with E-state index in [4.69, 9.17) is 5.10 Å². The second kappa shape index (κ2) is 9.02. The molecular weight excluding hydrogens is 386 g/mol. The number of carbonyl (C=O) groups excluding carboxylic acids is 1. The summed E-state index contributed by atoms with van der Waals surface area (Å²) < 4.78 is 2.02. The van der Waals surface area contributed by atoms with Gasteiger partial charge in [-0.3, -0.25) is 14.7 Å². The fraction of sp³-hybridized carbons (Fsp3) is 0.400. The molecule has 0 radical (unpaired) electrons. The van der Waals surface area contributed by atoms with Gasteiger partial charge in [0.25, 0.3) is 5.91 Å². The van der Waals surface area contributed by atoms with Crippen molar-refractivity contribution >= 4 is 5.91 Å². The molecule has 0 spiro atoms. The molecule has 3 aromatic rings. The standard InChI is InChI=1S/C25H29N5O/c31-25(29-17-15-28(16-18-29)19-20-9-7-8-14-26-20)24-22-12-5-2-6-13-23(22)30(27-24)21-10-3-1-4-11-21/h1,3-4,7-11,14H,2,5-6,12-13,15-19H2. The summed E-state index contributed by atoms with van der Waals surface area (Å²) in [5.74, 6) is 0.0883. The van der Waals surface area contributed by atoms with Crippen molar-refractivity contribution in [3.8, 4) is 5.69 Å². The lowest BCUT2D eigenvalue weighted by molar-refractivity contribution is 0.0619. The number of nitrogens with zero attached hydrogens (tertiary/aromatic N) is 5. The number of carbonyl (C=O) groups is 1. The van der Waals surface area contributed by atoms with Crippen molar-refractivity contribution in [1.82, 2.24) is 24.6 Å². The van der Waals surface area contributed by atoms with Gasteiger partial charge in [0.05, 0.1) is 11.4 Å². The fourth-order valence-corrected chi connectivity index (χ4v) is 4.71. The fourth-order valence-electron chi connectivity index (χ4n) is 4.71. The Bertz CT molecular complexity index is 1020. The summed E-state index contributed by atoms with van der Waals surface area (Å²) in [4.78, 5) is 22.3. The molecule has 0 atom stereocenters. The molecule has 5 rings (SSSR count). The Morgan fingerprint density at radius 3 is 2.42 bits per heavy atom. The van der Waals surface area contributed by atoms with Crippen LogP contribution in [0.15, 0.2) is 54.7 Å². The number of para-hydroxylation sites is 1. The van der Waals surface area contributed by atoms with E-state index in [1.165, 1.54) is 17.7 Å². The van der Waals surface area contributed by atoms with Gasteiger partial charge in [0.1, 0.15) is 0 Å². The van der Waals surface area contributed by atoms with Crippen LogP contribution in [0.3, 0.4) is 0 Å². The molecule has 6 nitrogen and oxygen atoms in total. The van der Waals surface area contributed by atoms with Crippen LogP contribution in [0.1, 0.15) is 46.7 Å². The van der Waals surface area contributed by atoms with Crippen LogP contribution in [0.4, 0.5) is 0 Å². The van der Waals surface area contributed by atoms with E-state index < -0.39 is 0 Å². The lowest BCUT2D eigenvalue weighted by atomic mass is 10.1. The van der Waals surface area contributed by atoms with Gasteiger partial charge in [-0.2, -0.15) is 5.10 Å². The molecule has 1 aliphatic carbocycles. The van der Waals surface area contributed by atoms with Crippen LogP contribution in [0.25, 0.3) is 5.69 Å². The molecule has 2 aliphatic rings. The van der Waals surface area contributed by atoms with Crippen LogP contribution in [0.5, 0.6) is 0 Å². The molecule has 31 heavy (non-hydrogen) atoms. The zero-order valence-corrected chi connectivity index (χ0v) is 17.9. The molecule has 0 bridgehead atoms. The van der Waals surface area contributed by atoms with Crippen molar-refractivity contribution in [3.63, 3.8) is 0 Å². The van der Waals surface area contributed by atoms with Crippen molar-refractivity contribution < 1.29 is 4.79 Å². The Hall–Kier alpha value is -2.99. The van der Waals surface area contributed by atoms with Crippen molar-refractivity contribution in [3.05, 3.63) is 77.4 Å². The molecule has 1 saturated heterocycles. The molecule has 0 N–H and O–H groups in total. The van der Waals surface area contributed by atoms with Gasteiger partial charge in [-0.25, -0.2) is 4.68 Å². The topological polar surface area (TPSA) is 54.3 Å². The third kappa shape index (κ3) is 4.26. The van der Waals surface area contributed by atoms with E-state index in [1.807, 2.05) is 46.1 Å². The van der Waals surface area contributed by atoms with E-state index in [2.05, 4.69) is 28.1 Å². The Kier molecular flexibility index (Phi) is 5.80. The highest BCUT2D eigenvalue weighted by Gasteiger charge is 2.29. The van der Waals surface area contributed by atoms with E-state index in [-0.39, 0.29) is 5.91 Å². The first-order chi connectivity index (χ1) is 15.3. The van der Waals surface area contributed by atoms with Crippen LogP contribution in [-0.4, -0.2) is 56.7 Å². The Labute approximate surface area is 183 Å². The van der Waals surface area contributed by atoms with E-state index in [0.29, 0.717) is 5.69 Å². The monoisotopic (exact) mass is 415 g/mol. The van der Waals surface area contributed by atoms with Gasteiger partial charge in [0, 0.05) is 50.2 Å². The average Bonchev–Trinajstić information content (AvgIpc) is 3.01. The largest absolute Gasteiger partial charge is 0.335 e. The normalized spacial score (nSPS) is 17.2. The second-order valence-electron chi connectivity index (χ2n) is 8.47. The predicted molar refractivity (Wildman–Crippen MR) is 120 cm³/mol. The summed E-state index contributed by atoms with van der Waals surface area (Å²) >= 11 is 0. The van der Waals surface area contributed by atoms with Crippen LogP contribution in [-0.2, 0) is 19.4 Å². The first-order valence-electron chi connectivity index (χ1n) is 11.4. The predicted octanol–water partition coefficient (Wildman–Crippen LogP) is 3.49. The number of hydrogen-bond acceptors (Lipinski definition) is 4. The van der Waals surface area contributed by atoms with E-state index in [0.717, 1.165) is 69.8 Å². The van der Waals surface area contributed by atoms with Gasteiger partial charge in [-0.05, 0) is 49.9 Å². The molecule has 160 valence electrons. The number of benzene rings is 1. The molecule has 0 saturated carbocycles. The SMILES string of the molecule is O=C(c1nn(-c2ccccc2)c2c1CCCCC2)N1CCN(Cc2ccccn2)CC1. The minimum Gasteiger partial charge on any atom is -0.335 e. The molecule has 2 aromatic heterocycles. The lowest BCUT2D eigenvalue weighted by Gasteiger charge is -2.34. The third-order valence-electron chi connectivity index (χ3n) is 6.40. The van der Waals surface area contributed by atoms with E-state index >= 15 is 0 Å². The van der Waals surface area contributed by atoms with Crippen molar-refractivity contribution in [2.24, 2.45) is 0 Å². The number of rotatable bonds is 4. The van der Waals surface area contributed by atoms with Gasteiger partial charge in [0.2, 0.25) is 0 Å². The molecule has 0 unspecified atom stereocenters. The smallest absolute Gasteiger partial charge is 0.274 e. The number of fused-ring (bicyclic) bond motifs is 1. The number of aromatic nitrogens is 3. The first-order valence-corrected chi connectivity index (χ1v) is 11.4. The van der Waals surface area contributed by atoms with Crippen molar-refractivity contribution in [1.29, 1.82) is 0 Å². The highest BCUT2D eigenvalue weighted by molar-refractivity contribution is 5.94. The first kappa shape index (κ1) is 19.9. The molecular formula is C25H29N5O. The maximum Gasteiger partial charge on any atom is 0.274 e. The van der Waals surface area contributed by atoms with Crippen molar-refractivity contribution in [2.45, 2.75) is 38.6 Å². The summed E-state index contributed by atoms with van der Waals surface area (Å²) in [6.45, 7) is 4.03. The minimum atomic E-state index is 0.0883. The molecule has 1 amide bonds. The molecule has 6 heteroatoms. The van der Waals surface area contributed by atoms with Gasteiger partial charge in [0.15, 0.2) is 5.69 Å². The number of amides is 1. The highest BCUT2D eigenvalue weighted by Crippen LogP contribution is 2.27. The number of piperazine rings is 1. The Balaban J connectivity index is 1.34. The summed E-state index contributed by atoms with van der Waals surface area (Å²) in [6, 6.07) is 16.2. The van der Waals surface area contributed by atoms with Crippen LogP contribution < -0.4 is 0 Å². The summed E-state index contributed by atoms with van der Waals surface area (Å²) in [6.07, 6.45) is 7.27. The Morgan fingerprint density at radius 1 is 0.871 bits per heavy atom. The van der Waals surface area contributed by atoms with Gasteiger partial charge >= 0.3 is 0 Å². The summed E-state index contributed by atoms with van der Waals surface area (Å²) in [5, 5.41) is 4.87. The quantitative estimate of drug-likeness (QED) is 0.612. The Morgan fingerprint density at radius 2 is 1.65 bits per heavy atom. The van der Waals surface area contributed by atoms with Crippen LogP contribution in [0.2, 0.25) is 0 Å². The third-order valence-corrected chi connectivity index (χ3v) is 6.40. The summed E-state index contributed by atoms with van der Waals surface area (Å²) in [5.41, 5.74) is 5.18. The number of hydrogen-bond donors (Lipinski definition) is 0. The van der Waals surface area contributed by atoms with E-state index in [1.54, 1.807) is 0 Å². The second-order valence-corrected chi connectivity index (χ2v) is 8.47. The average molecular weight is 416 g/mol. The highest BCUT2D eigenvalue weighted by atomic mass is 16.2. The maximum atomic E-state index is 13.5. The van der Waals surface area contributed by atoms with Crippen LogP contribution in [0, 0.1) is 0 Å². The van der Waals surface area contributed by atoms with Gasteiger partial charge < -0.3 is 4.90 Å². The molecule has 1 aromatic carbocycles. The van der Waals surface area contributed by atoms with Crippen LogP contribution >= 0.6 is 0 Å². The summed E-state index contributed by atoms with van der Waals surface area (Å²) in [7, 11) is 0. The lowest BCUT2D eigenvalue weighted by Crippen LogP contribution is -2.48. The maximum absolute atomic E-state index is 13.5. The zero-order valence-electron chi connectivity index (χ0n) is 17.9. The van der Waals surface area contributed by atoms with Gasteiger partial charge in [-0.1, -0.05) is 30.7 Å². The molecule has 3 heterocycles. The minimum absolute atomic E-state index is 0.0883.